The largest absolute Gasteiger partial charge is 0.507 e. The molecule has 2 aromatic rings. The van der Waals surface area contributed by atoms with Crippen LogP contribution in [-0.4, -0.2) is 17.2 Å². The van der Waals surface area contributed by atoms with Crippen molar-refractivity contribution in [3.63, 3.8) is 0 Å². The van der Waals surface area contributed by atoms with Gasteiger partial charge in [0.1, 0.15) is 5.75 Å². The normalized spacial score (nSPS) is 14.1. The van der Waals surface area contributed by atoms with Crippen LogP contribution in [0.15, 0.2) is 35.4 Å². The zero-order valence-corrected chi connectivity index (χ0v) is 12.3. The van der Waals surface area contributed by atoms with Crippen molar-refractivity contribution in [1.29, 1.82) is 0 Å². The number of benzene rings is 1. The second kappa shape index (κ2) is 6.10. The standard InChI is InChI=1S/C16H16N2O2S/c19-13-7-3-1-6-12(13)10-17-18-16(20)15-9-11-5-2-4-8-14(11)21-15/h1,3,6-7,9-10,19H,2,4-5,8H2,(H,18,20)/b17-10+. The molecular weight excluding hydrogens is 284 g/mol. The number of hydrogen-bond donors (Lipinski definition) is 2. The lowest BCUT2D eigenvalue weighted by atomic mass is 9.99. The Morgan fingerprint density at radius 2 is 2.10 bits per heavy atom. The number of carbonyl (C=O) groups excluding carboxylic acids is 1. The number of nitrogens with zero attached hydrogens (tertiary/aromatic N) is 1. The summed E-state index contributed by atoms with van der Waals surface area (Å²) in [6.07, 6.45) is 6.01. The molecule has 4 nitrogen and oxygen atoms in total. The Labute approximate surface area is 127 Å². The molecule has 1 aromatic carbocycles. The van der Waals surface area contributed by atoms with Gasteiger partial charge in [-0.05, 0) is 49.4 Å². The Morgan fingerprint density at radius 3 is 2.90 bits per heavy atom. The summed E-state index contributed by atoms with van der Waals surface area (Å²) in [4.78, 5) is 14.1. The van der Waals surface area contributed by atoms with Crippen LogP contribution in [0.25, 0.3) is 0 Å². The molecule has 1 aromatic heterocycles. The number of amides is 1. The van der Waals surface area contributed by atoms with E-state index in [1.807, 2.05) is 6.07 Å². The molecule has 0 spiro atoms. The molecule has 2 N–H and O–H groups in total. The lowest BCUT2D eigenvalue weighted by Crippen LogP contribution is -2.16. The van der Waals surface area contributed by atoms with Crippen LogP contribution in [0.2, 0.25) is 0 Å². The lowest BCUT2D eigenvalue weighted by Gasteiger charge is -2.08. The molecule has 0 saturated heterocycles. The van der Waals surface area contributed by atoms with E-state index in [0.29, 0.717) is 10.4 Å². The molecule has 1 amide bonds. The quantitative estimate of drug-likeness (QED) is 0.676. The number of thiophene rings is 1. The highest BCUT2D eigenvalue weighted by Crippen LogP contribution is 2.29. The molecule has 108 valence electrons. The summed E-state index contributed by atoms with van der Waals surface area (Å²) in [5.41, 5.74) is 4.39. The van der Waals surface area contributed by atoms with Crippen LogP contribution in [0.5, 0.6) is 5.75 Å². The van der Waals surface area contributed by atoms with Gasteiger partial charge in [-0.1, -0.05) is 12.1 Å². The predicted molar refractivity (Wildman–Crippen MR) is 84.1 cm³/mol. The Balaban J connectivity index is 1.67. The number of rotatable bonds is 3. The van der Waals surface area contributed by atoms with Crippen LogP contribution >= 0.6 is 11.3 Å². The van der Waals surface area contributed by atoms with E-state index in [4.69, 9.17) is 0 Å². The van der Waals surface area contributed by atoms with Gasteiger partial charge >= 0.3 is 0 Å². The van der Waals surface area contributed by atoms with Crippen molar-refractivity contribution in [3.8, 4) is 5.75 Å². The van der Waals surface area contributed by atoms with Crippen molar-refractivity contribution in [2.75, 3.05) is 0 Å². The second-order valence-corrected chi connectivity index (χ2v) is 6.16. The van der Waals surface area contributed by atoms with Crippen molar-refractivity contribution < 1.29 is 9.90 Å². The monoisotopic (exact) mass is 300 g/mol. The fraction of sp³-hybridized carbons (Fsp3) is 0.250. The van der Waals surface area contributed by atoms with E-state index in [9.17, 15) is 9.90 Å². The molecule has 0 atom stereocenters. The molecule has 5 heteroatoms. The van der Waals surface area contributed by atoms with Gasteiger partial charge in [0.15, 0.2) is 0 Å². The molecule has 0 bridgehead atoms. The van der Waals surface area contributed by atoms with Crippen molar-refractivity contribution >= 4 is 23.5 Å². The average Bonchev–Trinajstić information content (AvgIpc) is 2.93. The number of hydrazone groups is 1. The van der Waals surface area contributed by atoms with Crippen LogP contribution in [0.4, 0.5) is 0 Å². The maximum absolute atomic E-state index is 12.1. The molecule has 0 aliphatic heterocycles. The van der Waals surface area contributed by atoms with Crippen molar-refractivity contribution in [2.24, 2.45) is 5.10 Å². The molecule has 3 rings (SSSR count). The van der Waals surface area contributed by atoms with E-state index in [1.165, 1.54) is 29.5 Å². The van der Waals surface area contributed by atoms with Crippen molar-refractivity contribution in [3.05, 3.63) is 51.2 Å². The topological polar surface area (TPSA) is 61.7 Å². The molecule has 0 fully saturated rings. The zero-order valence-electron chi connectivity index (χ0n) is 11.5. The number of fused-ring (bicyclic) bond motifs is 1. The van der Waals surface area contributed by atoms with Crippen molar-refractivity contribution in [2.45, 2.75) is 25.7 Å². The molecule has 0 saturated carbocycles. The maximum Gasteiger partial charge on any atom is 0.281 e. The Bertz CT molecular complexity index is 668. The third kappa shape index (κ3) is 3.13. The van der Waals surface area contributed by atoms with Crippen molar-refractivity contribution in [1.82, 2.24) is 5.43 Å². The van der Waals surface area contributed by atoms with Gasteiger partial charge in [0, 0.05) is 10.4 Å². The highest BCUT2D eigenvalue weighted by molar-refractivity contribution is 7.14. The predicted octanol–water partition coefficient (Wildman–Crippen LogP) is 3.10. The van der Waals surface area contributed by atoms with Gasteiger partial charge < -0.3 is 5.11 Å². The summed E-state index contributed by atoms with van der Waals surface area (Å²) < 4.78 is 0. The molecular formula is C16H16N2O2S. The first-order valence-corrected chi connectivity index (χ1v) is 7.78. The van der Waals surface area contributed by atoms with Gasteiger partial charge in [-0.15, -0.1) is 11.3 Å². The van der Waals surface area contributed by atoms with Gasteiger partial charge in [0.2, 0.25) is 0 Å². The number of nitrogens with one attached hydrogen (secondary N) is 1. The first kappa shape index (κ1) is 13.8. The van der Waals surface area contributed by atoms with E-state index in [2.05, 4.69) is 10.5 Å². The molecule has 0 unspecified atom stereocenters. The third-order valence-corrected chi connectivity index (χ3v) is 4.76. The first-order chi connectivity index (χ1) is 10.2. The van der Waals surface area contributed by atoms with Gasteiger partial charge in [-0.2, -0.15) is 5.10 Å². The van der Waals surface area contributed by atoms with Crippen LogP contribution < -0.4 is 5.43 Å². The Kier molecular flexibility index (Phi) is 4.01. The summed E-state index contributed by atoms with van der Waals surface area (Å²) in [7, 11) is 0. The lowest BCUT2D eigenvalue weighted by molar-refractivity contribution is 0.0959. The minimum Gasteiger partial charge on any atom is -0.507 e. The summed E-state index contributed by atoms with van der Waals surface area (Å²) in [5.74, 6) is -0.0526. The fourth-order valence-electron chi connectivity index (χ4n) is 2.41. The number of phenolic OH excluding ortho intramolecular Hbond substituents is 1. The number of carbonyl (C=O) groups is 1. The third-order valence-electron chi connectivity index (χ3n) is 3.53. The number of phenols is 1. The average molecular weight is 300 g/mol. The summed E-state index contributed by atoms with van der Waals surface area (Å²) in [6.45, 7) is 0. The van der Waals surface area contributed by atoms with E-state index in [1.54, 1.807) is 35.6 Å². The minimum atomic E-state index is -0.193. The van der Waals surface area contributed by atoms with Crippen LogP contribution in [-0.2, 0) is 12.8 Å². The van der Waals surface area contributed by atoms with Gasteiger partial charge in [-0.25, -0.2) is 5.43 Å². The summed E-state index contributed by atoms with van der Waals surface area (Å²) in [5, 5.41) is 13.5. The van der Waals surface area contributed by atoms with Crippen LogP contribution in [0.3, 0.4) is 0 Å². The number of aromatic hydroxyl groups is 1. The molecule has 1 aliphatic rings. The maximum atomic E-state index is 12.1. The van der Waals surface area contributed by atoms with Crippen LogP contribution in [0, 0.1) is 0 Å². The molecule has 21 heavy (non-hydrogen) atoms. The minimum absolute atomic E-state index is 0.141. The van der Waals surface area contributed by atoms with Gasteiger partial charge in [0.25, 0.3) is 5.91 Å². The molecule has 1 heterocycles. The Morgan fingerprint density at radius 1 is 1.29 bits per heavy atom. The van der Waals surface area contributed by atoms with Gasteiger partial charge in [-0.3, -0.25) is 4.79 Å². The Hall–Kier alpha value is -2.14. The number of hydrogen-bond acceptors (Lipinski definition) is 4. The second-order valence-electron chi connectivity index (χ2n) is 5.02. The summed E-state index contributed by atoms with van der Waals surface area (Å²) in [6, 6.07) is 8.83. The van der Waals surface area contributed by atoms with E-state index in [-0.39, 0.29) is 11.7 Å². The summed E-state index contributed by atoms with van der Waals surface area (Å²) >= 11 is 1.56. The van der Waals surface area contributed by atoms with E-state index < -0.39 is 0 Å². The SMILES string of the molecule is O=C(N/N=C/c1ccccc1O)c1cc2c(s1)CCCC2. The first-order valence-electron chi connectivity index (χ1n) is 6.97. The van der Waals surface area contributed by atoms with Gasteiger partial charge in [0.05, 0.1) is 11.1 Å². The van der Waals surface area contributed by atoms with Crippen LogP contribution in [0.1, 0.15) is 38.5 Å². The highest BCUT2D eigenvalue weighted by Gasteiger charge is 2.16. The smallest absolute Gasteiger partial charge is 0.281 e. The highest BCUT2D eigenvalue weighted by atomic mass is 32.1. The molecule has 1 aliphatic carbocycles. The fourth-order valence-corrected chi connectivity index (χ4v) is 3.56. The van der Waals surface area contributed by atoms with E-state index in [0.717, 1.165) is 12.8 Å². The zero-order chi connectivity index (χ0) is 14.7. The number of para-hydroxylation sites is 1. The number of aryl methyl sites for hydroxylation is 2. The van der Waals surface area contributed by atoms with E-state index >= 15 is 0 Å². The molecule has 0 radical (unpaired) electrons.